The van der Waals surface area contributed by atoms with E-state index in [0.29, 0.717) is 5.58 Å². The minimum absolute atomic E-state index is 0.121. The summed E-state index contributed by atoms with van der Waals surface area (Å²) in [6.07, 6.45) is 8.65. The van der Waals surface area contributed by atoms with Gasteiger partial charge < -0.3 is 0 Å². The molecule has 2 rings (SSSR count). The van der Waals surface area contributed by atoms with E-state index in [0.717, 1.165) is 11.8 Å². The van der Waals surface area contributed by atoms with Crippen LogP contribution in [0, 0.1) is 5.63 Å². The Morgan fingerprint density at radius 1 is 1.17 bits per heavy atom. The minimum atomic E-state index is -0.570. The zero-order valence-electron chi connectivity index (χ0n) is 14.0. The van der Waals surface area contributed by atoms with E-state index in [9.17, 15) is 9.36 Å². The Morgan fingerprint density at radius 3 is 2.75 bits per heavy atom. The molecule has 0 fully saturated rings. The molecule has 5 heteroatoms. The first-order valence-electron chi connectivity index (χ1n) is 8.49. The Labute approximate surface area is 143 Å². The van der Waals surface area contributed by atoms with Gasteiger partial charge in [-0.05, 0) is 0 Å². The first-order chi connectivity index (χ1) is 11.7. The average Bonchev–Trinajstić information content (AvgIpc) is 3.01. The van der Waals surface area contributed by atoms with E-state index in [1.165, 1.54) is 44.1 Å². The van der Waals surface area contributed by atoms with E-state index in [1.807, 2.05) is 12.1 Å². The predicted molar refractivity (Wildman–Crippen MR) is 95.1 cm³/mol. The van der Waals surface area contributed by atoms with Gasteiger partial charge in [-0.25, -0.2) is 0 Å². The van der Waals surface area contributed by atoms with Gasteiger partial charge in [0.25, 0.3) is 0 Å². The van der Waals surface area contributed by atoms with Gasteiger partial charge in [0.2, 0.25) is 0 Å². The van der Waals surface area contributed by atoms with Gasteiger partial charge in [-0.2, -0.15) is 0 Å². The van der Waals surface area contributed by atoms with Gasteiger partial charge in [0.05, 0.1) is 0 Å². The number of furan rings is 1. The summed E-state index contributed by atoms with van der Waals surface area (Å²) in [6.45, 7) is 2.10. The molecular weight excluding hydrogens is 323 g/mol. The second-order valence-corrected chi connectivity index (χ2v) is 6.32. The molecule has 0 aliphatic carbocycles. The van der Waals surface area contributed by atoms with Gasteiger partial charge in [-0.15, -0.1) is 0 Å². The summed E-state index contributed by atoms with van der Waals surface area (Å²) in [5.41, 5.74) is 4.28. The predicted octanol–water partition coefficient (Wildman–Crippen LogP) is 5.74. The Kier molecular flexibility index (Phi) is 7.88. The molecule has 0 unspecified atom stereocenters. The van der Waals surface area contributed by atoms with Crippen LogP contribution in [0.4, 0.5) is 0 Å². The van der Waals surface area contributed by atoms with Crippen LogP contribution in [0.15, 0.2) is 28.7 Å². The molecule has 0 aliphatic heterocycles. The molecule has 0 amide bonds. The monoisotopic (exact) mass is 346 g/mol. The van der Waals surface area contributed by atoms with E-state index in [4.69, 9.17) is 9.15 Å². The summed E-state index contributed by atoms with van der Waals surface area (Å²) in [5, 5.41) is 0.878. The van der Waals surface area contributed by atoms with E-state index < -0.39 is 5.97 Å². The van der Waals surface area contributed by atoms with Gasteiger partial charge in [0, 0.05) is 0 Å². The van der Waals surface area contributed by atoms with Crippen molar-refractivity contribution in [3.8, 4) is 5.63 Å². The van der Waals surface area contributed by atoms with Crippen molar-refractivity contribution in [1.29, 1.82) is 0 Å². The molecule has 0 radical (unpaired) electrons. The molecule has 1 aromatic carbocycles. The van der Waals surface area contributed by atoms with Crippen molar-refractivity contribution in [2.24, 2.45) is 0 Å². The van der Waals surface area contributed by atoms with E-state index in [2.05, 4.69) is 18.6 Å². The Hall–Kier alpha value is -1.76. The second kappa shape index (κ2) is 10.2. The van der Waals surface area contributed by atoms with Crippen molar-refractivity contribution < 1.29 is 18.5 Å². The van der Waals surface area contributed by atoms with Crippen molar-refractivity contribution in [3.63, 3.8) is 0 Å². The van der Waals surface area contributed by atoms with Gasteiger partial charge in [0.1, 0.15) is 0 Å². The molecule has 1 heterocycles. The summed E-state index contributed by atoms with van der Waals surface area (Å²) in [7, 11) is -0.277. The van der Waals surface area contributed by atoms with E-state index >= 15 is 0 Å². The standard InChI is InChI=1S/C19H23O4P/c1-2-3-4-5-6-7-8-15-9-10-16-14-18(23-17(16)13-15)19(20)22-11-12-24-21/h9-10,13-14H,2-8,11H2,1H3. The molecule has 1 aromatic heterocycles. The number of fused-ring (bicyclic) bond motifs is 1. The molecule has 0 saturated heterocycles. The van der Waals surface area contributed by atoms with Crippen LogP contribution in [-0.4, -0.2) is 12.6 Å². The number of hydrogen-bond donors (Lipinski definition) is 0. The average molecular weight is 346 g/mol. The second-order valence-electron chi connectivity index (χ2n) is 5.83. The van der Waals surface area contributed by atoms with Gasteiger partial charge in [-0.3, -0.25) is 0 Å². The van der Waals surface area contributed by atoms with Crippen molar-refractivity contribution in [2.75, 3.05) is 6.61 Å². The third-order valence-corrected chi connectivity index (χ3v) is 4.20. The number of carbonyl (C=O) groups is 1. The van der Waals surface area contributed by atoms with Gasteiger partial charge in [0.15, 0.2) is 0 Å². The number of hydrogen-bond acceptors (Lipinski definition) is 4. The summed E-state index contributed by atoms with van der Waals surface area (Å²) in [4.78, 5) is 11.8. The molecule has 0 bridgehead atoms. The van der Waals surface area contributed by atoms with Crippen LogP contribution in [-0.2, 0) is 15.7 Å². The molecule has 2 aromatic rings. The summed E-state index contributed by atoms with van der Waals surface area (Å²) in [6, 6.07) is 7.71. The number of ether oxygens (including phenoxy) is 1. The Balaban J connectivity index is 1.91. The normalized spacial score (nSPS) is 10.5. The van der Waals surface area contributed by atoms with Crippen molar-refractivity contribution in [1.82, 2.24) is 0 Å². The summed E-state index contributed by atoms with van der Waals surface area (Å²) in [5.74, 6) is -0.411. The Morgan fingerprint density at radius 2 is 1.96 bits per heavy atom. The topological polar surface area (TPSA) is 56.5 Å². The molecule has 0 aliphatic rings. The van der Waals surface area contributed by atoms with Crippen molar-refractivity contribution in [2.45, 2.75) is 51.9 Å². The first kappa shape index (κ1) is 18.6. The molecule has 128 valence electrons. The third-order valence-electron chi connectivity index (χ3n) is 3.94. The third kappa shape index (κ3) is 5.70. The first-order valence-corrected chi connectivity index (χ1v) is 9.30. The number of unbranched alkanes of at least 4 members (excludes halogenated alkanes) is 5. The van der Waals surface area contributed by atoms with Crippen LogP contribution >= 0.6 is 7.92 Å². The van der Waals surface area contributed by atoms with Gasteiger partial charge >= 0.3 is 110 Å². The van der Waals surface area contributed by atoms with Crippen LogP contribution in [0.3, 0.4) is 0 Å². The Bertz CT molecular complexity index is 773. The maximum atomic E-state index is 11.8. The summed E-state index contributed by atoms with van der Waals surface area (Å²) < 4.78 is 20.7. The molecule has 24 heavy (non-hydrogen) atoms. The van der Waals surface area contributed by atoms with Gasteiger partial charge in [-0.1, -0.05) is 32.6 Å². The molecule has 4 nitrogen and oxygen atoms in total. The van der Waals surface area contributed by atoms with E-state index in [-0.39, 0.29) is 20.3 Å². The molecule has 0 saturated carbocycles. The van der Waals surface area contributed by atoms with Crippen molar-refractivity contribution in [3.05, 3.63) is 35.6 Å². The van der Waals surface area contributed by atoms with Crippen LogP contribution in [0.5, 0.6) is 0 Å². The fourth-order valence-electron chi connectivity index (χ4n) is 2.64. The van der Waals surface area contributed by atoms with Crippen LogP contribution < -0.4 is 0 Å². The zero-order valence-corrected chi connectivity index (χ0v) is 14.9. The quantitative estimate of drug-likeness (QED) is 0.330. The zero-order chi connectivity index (χ0) is 17.2. The number of benzene rings is 1. The fraction of sp³-hybridized carbons (Fsp3) is 0.474. The number of aryl methyl sites for hydroxylation is 1. The molecular formula is C19H23O4P. The maximum absolute atomic E-state index is 11.8. The van der Waals surface area contributed by atoms with E-state index in [1.54, 1.807) is 6.07 Å². The molecule has 0 spiro atoms. The number of rotatable bonds is 9. The van der Waals surface area contributed by atoms with Crippen LogP contribution in [0.2, 0.25) is 0 Å². The van der Waals surface area contributed by atoms with Crippen molar-refractivity contribution >= 4 is 24.9 Å². The SMILES string of the molecule is CCCCCCCCc1ccc2cc(C(=O)OCC#P=O)oc2c1. The van der Waals surface area contributed by atoms with Crippen LogP contribution in [0.1, 0.15) is 61.6 Å². The number of esters is 1. The summed E-state index contributed by atoms with van der Waals surface area (Å²) >= 11 is 0. The molecule has 0 atom stereocenters. The number of carbonyl (C=O) groups excluding carboxylic acids is 1. The molecule has 0 N–H and O–H groups in total. The fourth-order valence-corrected chi connectivity index (χ4v) is 2.75. The van der Waals surface area contributed by atoms with Crippen LogP contribution in [0.25, 0.3) is 11.0 Å².